The van der Waals surface area contributed by atoms with E-state index in [1.165, 1.54) is 11.1 Å². The van der Waals surface area contributed by atoms with Crippen molar-refractivity contribution in [2.24, 2.45) is 4.99 Å². The minimum absolute atomic E-state index is 0.0472. The number of hydrogen-bond acceptors (Lipinski definition) is 8. The Bertz CT molecular complexity index is 1340. The number of aromatic amines is 1. The zero-order chi connectivity index (χ0) is 25.3. The Kier molecular flexibility index (Phi) is 6.31. The number of aromatic nitrogens is 1. The van der Waals surface area contributed by atoms with Crippen LogP contribution in [0.5, 0.6) is 0 Å². The van der Waals surface area contributed by atoms with E-state index in [-0.39, 0.29) is 23.9 Å². The summed E-state index contributed by atoms with van der Waals surface area (Å²) in [6.45, 7) is 7.73. The number of nitrogens with zero attached hydrogens (tertiary/aromatic N) is 2. The second-order valence-electron chi connectivity index (χ2n) is 9.25. The molecule has 3 heterocycles. The Morgan fingerprint density at radius 2 is 2.00 bits per heavy atom. The Balaban J connectivity index is 1.46. The van der Waals surface area contributed by atoms with Crippen molar-refractivity contribution in [1.82, 2.24) is 31.4 Å². The first-order valence-electron chi connectivity index (χ1n) is 11.1. The van der Waals surface area contributed by atoms with Gasteiger partial charge in [0.05, 0.1) is 5.52 Å². The van der Waals surface area contributed by atoms with Crippen molar-refractivity contribution < 1.29 is 18.8 Å². The highest BCUT2D eigenvalue weighted by molar-refractivity contribution is 6.44. The summed E-state index contributed by atoms with van der Waals surface area (Å²) in [5.74, 6) is -1.48. The predicted octanol–water partition coefficient (Wildman–Crippen LogP) is 0.157. The van der Waals surface area contributed by atoms with Crippen molar-refractivity contribution in [3.05, 3.63) is 58.0 Å². The number of hydrazine groups is 1. The molecular weight excluding hydrogens is 454 g/mol. The minimum atomic E-state index is -0.793. The van der Waals surface area contributed by atoms with E-state index in [2.05, 4.69) is 31.4 Å². The molecule has 0 saturated carbocycles. The molecule has 1 atom stereocenters. The van der Waals surface area contributed by atoms with Crippen molar-refractivity contribution in [3.63, 3.8) is 0 Å². The van der Waals surface area contributed by atoms with Crippen LogP contribution >= 0.6 is 0 Å². The van der Waals surface area contributed by atoms with Crippen molar-refractivity contribution in [2.45, 2.75) is 45.8 Å². The fourth-order valence-corrected chi connectivity index (χ4v) is 3.53. The number of benzene rings is 1. The van der Waals surface area contributed by atoms with Crippen LogP contribution < -0.4 is 27.1 Å². The van der Waals surface area contributed by atoms with Crippen LogP contribution in [0.4, 0.5) is 0 Å². The molecule has 0 saturated heterocycles. The topological polar surface area (TPSA) is 161 Å². The van der Waals surface area contributed by atoms with E-state index < -0.39 is 29.2 Å². The van der Waals surface area contributed by atoms with Gasteiger partial charge in [0.2, 0.25) is 5.91 Å². The van der Waals surface area contributed by atoms with Crippen LogP contribution in [0.15, 0.2) is 56.1 Å². The minimum Gasteiger partial charge on any atom is -0.408 e. The number of fused-ring (bicyclic) bond motifs is 2. The van der Waals surface area contributed by atoms with E-state index in [0.717, 1.165) is 5.56 Å². The third-order valence-corrected chi connectivity index (χ3v) is 5.15. The lowest BCUT2D eigenvalue weighted by Gasteiger charge is -2.28. The number of carbonyl (C=O) groups excluding carboxylic acids is 3. The summed E-state index contributed by atoms with van der Waals surface area (Å²) in [5.41, 5.74) is 4.43. The number of amides is 3. The second kappa shape index (κ2) is 9.22. The molecule has 0 bridgehead atoms. The molecule has 2 aromatic rings. The number of nitrogens with one attached hydrogen (secondary N) is 5. The fourth-order valence-electron chi connectivity index (χ4n) is 3.53. The Hall–Kier alpha value is -4.19. The largest absolute Gasteiger partial charge is 0.417 e. The number of H-pyrrole nitrogens is 1. The first-order valence-corrected chi connectivity index (χ1v) is 11.1. The molecule has 0 unspecified atom stereocenters. The summed E-state index contributed by atoms with van der Waals surface area (Å²) in [5, 5.41) is 9.73. The molecule has 2 aliphatic heterocycles. The molecule has 5 N–H and O–H groups in total. The van der Waals surface area contributed by atoms with Gasteiger partial charge in [0.25, 0.3) is 11.8 Å². The molecule has 4 rings (SSSR count). The standard InChI is InChI=1S/C23H27N7O5/c1-12(19(31)29-23(2,3)4)26-21(33)16-10-15(27-18-7-8-25-30(16)18)20(32)24-11-13-5-6-17-14(9-13)28-22(34)35-17/h5-7,9-10,12,25H,8,11H2,1-4H3,(H,24,32)(H,26,33)(H,28,34)(H,29,31)/t12-/m0/s1. The first kappa shape index (κ1) is 24.0. The van der Waals surface area contributed by atoms with Crippen molar-refractivity contribution in [1.29, 1.82) is 0 Å². The van der Waals surface area contributed by atoms with Gasteiger partial charge in [-0.1, -0.05) is 6.07 Å². The smallest absolute Gasteiger partial charge is 0.408 e. The highest BCUT2D eigenvalue weighted by Gasteiger charge is 2.31. The summed E-state index contributed by atoms with van der Waals surface area (Å²) in [6, 6.07) is 4.27. The van der Waals surface area contributed by atoms with Gasteiger partial charge in [-0.3, -0.25) is 24.4 Å². The SMILES string of the molecule is C[C@H](NC(=O)C1=CC(C(=O)NCc2ccc3oc(=O)[nH]c3c2)=NC2=CCNN21)C(=O)NC(C)(C)C. The molecule has 1 aromatic heterocycles. The summed E-state index contributed by atoms with van der Waals surface area (Å²) in [7, 11) is 0. The van der Waals surface area contributed by atoms with Gasteiger partial charge in [0.1, 0.15) is 23.3 Å². The van der Waals surface area contributed by atoms with Gasteiger partial charge in [-0.05, 0) is 51.5 Å². The van der Waals surface area contributed by atoms with E-state index in [9.17, 15) is 19.2 Å². The molecular formula is C23H27N7O5. The highest BCUT2D eigenvalue weighted by atomic mass is 16.4. The second-order valence-corrected chi connectivity index (χ2v) is 9.25. The van der Waals surface area contributed by atoms with Crippen LogP contribution in [-0.4, -0.2) is 51.6 Å². The summed E-state index contributed by atoms with van der Waals surface area (Å²) in [4.78, 5) is 56.5. The van der Waals surface area contributed by atoms with Gasteiger partial charge >= 0.3 is 5.76 Å². The monoisotopic (exact) mass is 481 g/mol. The molecule has 184 valence electrons. The molecule has 0 aliphatic carbocycles. The summed E-state index contributed by atoms with van der Waals surface area (Å²) >= 11 is 0. The number of rotatable bonds is 6. The quantitative estimate of drug-likeness (QED) is 0.393. The van der Waals surface area contributed by atoms with Gasteiger partial charge in [-0.25, -0.2) is 15.2 Å². The third-order valence-electron chi connectivity index (χ3n) is 5.15. The summed E-state index contributed by atoms with van der Waals surface area (Å²) < 4.78 is 4.98. The highest BCUT2D eigenvalue weighted by Crippen LogP contribution is 2.21. The number of aliphatic imine (C=N–C) groups is 1. The maximum Gasteiger partial charge on any atom is 0.417 e. The van der Waals surface area contributed by atoms with E-state index in [0.29, 0.717) is 23.5 Å². The van der Waals surface area contributed by atoms with Gasteiger partial charge < -0.3 is 20.4 Å². The molecule has 0 fully saturated rings. The van der Waals surface area contributed by atoms with Crippen LogP contribution in [-0.2, 0) is 20.9 Å². The average molecular weight is 482 g/mol. The number of hydrogen-bond donors (Lipinski definition) is 5. The van der Waals surface area contributed by atoms with Gasteiger partial charge in [0.15, 0.2) is 5.58 Å². The Labute approximate surface area is 200 Å². The Morgan fingerprint density at radius 1 is 1.23 bits per heavy atom. The zero-order valence-corrected chi connectivity index (χ0v) is 19.8. The van der Waals surface area contributed by atoms with Crippen molar-refractivity contribution >= 4 is 34.5 Å². The zero-order valence-electron chi connectivity index (χ0n) is 19.8. The van der Waals surface area contributed by atoms with Crippen molar-refractivity contribution in [2.75, 3.05) is 6.54 Å². The van der Waals surface area contributed by atoms with Crippen LogP contribution in [0.1, 0.15) is 33.3 Å². The van der Waals surface area contributed by atoms with Crippen LogP contribution in [0, 0.1) is 0 Å². The van der Waals surface area contributed by atoms with E-state index in [1.807, 2.05) is 20.8 Å². The lowest BCUT2D eigenvalue weighted by Crippen LogP contribution is -2.52. The number of oxazole rings is 1. The molecule has 0 radical (unpaired) electrons. The lowest BCUT2D eigenvalue weighted by atomic mass is 10.1. The van der Waals surface area contributed by atoms with Crippen LogP contribution in [0.3, 0.4) is 0 Å². The molecule has 12 nitrogen and oxygen atoms in total. The predicted molar refractivity (Wildman–Crippen MR) is 128 cm³/mol. The van der Waals surface area contributed by atoms with E-state index in [1.54, 1.807) is 31.2 Å². The van der Waals surface area contributed by atoms with E-state index in [4.69, 9.17) is 4.42 Å². The van der Waals surface area contributed by atoms with Gasteiger partial charge in [-0.2, -0.15) is 0 Å². The maximum absolute atomic E-state index is 13.0. The normalized spacial score (nSPS) is 16.1. The lowest BCUT2D eigenvalue weighted by molar-refractivity contribution is -0.128. The average Bonchev–Trinajstić information content (AvgIpc) is 3.40. The molecule has 0 spiro atoms. The molecule has 1 aromatic carbocycles. The van der Waals surface area contributed by atoms with Crippen LogP contribution in [0.25, 0.3) is 11.1 Å². The van der Waals surface area contributed by atoms with Crippen LogP contribution in [0.2, 0.25) is 0 Å². The first-order chi connectivity index (χ1) is 16.5. The molecule has 2 aliphatic rings. The number of carbonyl (C=O) groups is 3. The third kappa shape index (κ3) is 5.49. The van der Waals surface area contributed by atoms with Gasteiger partial charge in [-0.15, -0.1) is 0 Å². The molecule has 3 amide bonds. The Morgan fingerprint density at radius 3 is 2.74 bits per heavy atom. The van der Waals surface area contributed by atoms with Gasteiger partial charge in [0, 0.05) is 24.7 Å². The molecule has 35 heavy (non-hydrogen) atoms. The summed E-state index contributed by atoms with van der Waals surface area (Å²) in [6.07, 6.45) is 3.11. The maximum atomic E-state index is 13.0. The molecule has 12 heteroatoms. The fraction of sp³-hybridized carbons (Fsp3) is 0.348. The van der Waals surface area contributed by atoms with E-state index >= 15 is 0 Å². The van der Waals surface area contributed by atoms with Crippen molar-refractivity contribution in [3.8, 4) is 0 Å².